The number of halogens is 1. The van der Waals surface area contributed by atoms with Crippen LogP contribution in [0.3, 0.4) is 0 Å². The van der Waals surface area contributed by atoms with E-state index in [4.69, 9.17) is 11.6 Å². The minimum atomic E-state index is 0.278. The van der Waals surface area contributed by atoms with Gasteiger partial charge in [0.25, 0.3) is 0 Å². The van der Waals surface area contributed by atoms with E-state index in [0.717, 1.165) is 4.48 Å². The van der Waals surface area contributed by atoms with Crippen molar-refractivity contribution in [3.05, 3.63) is 12.3 Å². The summed E-state index contributed by atoms with van der Waals surface area (Å²) in [5.41, 5.74) is 0. The van der Waals surface area contributed by atoms with Crippen molar-refractivity contribution in [3.63, 3.8) is 0 Å². The molecule has 1 N–H and O–H groups in total. The maximum atomic E-state index is 5.99. The number of quaternary nitrogens is 1. The van der Waals surface area contributed by atoms with E-state index in [1.54, 1.807) is 0 Å². The lowest BCUT2D eigenvalue weighted by molar-refractivity contribution is -0.801. The molecule has 3 heterocycles. The van der Waals surface area contributed by atoms with Gasteiger partial charge in [-0.2, -0.15) is 0 Å². The Morgan fingerprint density at radius 2 is 2.58 bits per heavy atom. The van der Waals surface area contributed by atoms with Crippen molar-refractivity contribution in [1.82, 2.24) is 5.32 Å². The van der Waals surface area contributed by atoms with E-state index in [1.165, 1.54) is 6.54 Å². The van der Waals surface area contributed by atoms with Gasteiger partial charge < -0.3 is 0 Å². The Bertz CT molecular complexity index is 299. The molecule has 3 aliphatic heterocycles. The first kappa shape index (κ1) is 7.06. The van der Waals surface area contributed by atoms with E-state index >= 15 is 0 Å². The topological polar surface area (TPSA) is 24.4 Å². The number of nitrogens with zero attached hydrogens (tertiary/aromatic N) is 2. The largest absolute Gasteiger partial charge is 0.293 e. The highest BCUT2D eigenvalue weighted by atomic mass is 35.5. The zero-order valence-electron chi connectivity index (χ0n) is 6.87. The first-order valence-corrected chi connectivity index (χ1v) is 4.60. The molecule has 0 amide bonds. The number of fused-ring (bicyclic) bond motifs is 3. The summed E-state index contributed by atoms with van der Waals surface area (Å²) in [6, 6.07) is 0.792. The molecule has 0 bridgehead atoms. The average molecular weight is 185 g/mol. The third-order valence-corrected chi connectivity index (χ3v) is 3.61. The van der Waals surface area contributed by atoms with Crippen LogP contribution >= 0.6 is 11.6 Å². The third-order valence-electron chi connectivity index (χ3n) is 3.28. The van der Waals surface area contributed by atoms with Gasteiger partial charge in [0, 0.05) is 6.20 Å². The molecule has 4 heteroatoms. The summed E-state index contributed by atoms with van der Waals surface area (Å²) in [4.78, 5) is 4.09. The zero-order chi connectivity index (χ0) is 8.34. The van der Waals surface area contributed by atoms with E-state index in [0.29, 0.717) is 17.4 Å². The quantitative estimate of drug-likeness (QED) is 0.425. The van der Waals surface area contributed by atoms with Crippen molar-refractivity contribution in [2.24, 2.45) is 4.99 Å². The SMILES string of the molecule is C[N+]12C[C@@H]1NC1C(Cl)=NC=CC12. The Balaban J connectivity index is 2.00. The fourth-order valence-corrected chi connectivity index (χ4v) is 2.57. The average Bonchev–Trinajstić information content (AvgIpc) is 2.60. The molecule has 0 spiro atoms. The molecule has 12 heavy (non-hydrogen) atoms. The van der Waals surface area contributed by atoms with Gasteiger partial charge in [-0.05, 0) is 6.08 Å². The number of likely N-dealkylation sites (N-methyl/N-ethyl adjacent to an activating group) is 1. The Morgan fingerprint density at radius 1 is 1.75 bits per heavy atom. The Hall–Kier alpha value is -0.380. The lowest BCUT2D eigenvalue weighted by atomic mass is 10.1. The molecule has 0 aromatic carbocycles. The Labute approximate surface area is 76.3 Å². The van der Waals surface area contributed by atoms with Crippen molar-refractivity contribution in [3.8, 4) is 0 Å². The lowest BCUT2D eigenvalue weighted by Crippen LogP contribution is -2.45. The van der Waals surface area contributed by atoms with E-state index in [2.05, 4.69) is 23.4 Å². The maximum absolute atomic E-state index is 5.99. The van der Waals surface area contributed by atoms with Crippen molar-refractivity contribution in [1.29, 1.82) is 0 Å². The molecule has 2 fully saturated rings. The van der Waals surface area contributed by atoms with E-state index < -0.39 is 0 Å². The molecule has 3 nitrogen and oxygen atoms in total. The van der Waals surface area contributed by atoms with Gasteiger partial charge in [-0.25, -0.2) is 10.3 Å². The molecule has 0 radical (unpaired) electrons. The number of hydrogen-bond acceptors (Lipinski definition) is 2. The van der Waals surface area contributed by atoms with Gasteiger partial charge in [-0.1, -0.05) is 11.6 Å². The van der Waals surface area contributed by atoms with Crippen LogP contribution in [0, 0.1) is 0 Å². The molecule has 64 valence electrons. The second kappa shape index (κ2) is 1.92. The van der Waals surface area contributed by atoms with Crippen molar-refractivity contribution >= 4 is 16.8 Å². The smallest absolute Gasteiger partial charge is 0.194 e. The standard InChI is InChI=1S/C8H11ClN3/c1-12-4-6(12)11-7-5(12)2-3-10-8(7)9/h2-3,5-7,11H,4H2,1H3/q+1/t5?,6-,7?,12?/m1/s1. The fraction of sp³-hybridized carbons (Fsp3) is 0.625. The summed E-state index contributed by atoms with van der Waals surface area (Å²) >= 11 is 5.99. The maximum Gasteiger partial charge on any atom is 0.194 e. The van der Waals surface area contributed by atoms with Gasteiger partial charge >= 0.3 is 0 Å². The molecular weight excluding hydrogens is 174 g/mol. The minimum absolute atomic E-state index is 0.278. The summed E-state index contributed by atoms with van der Waals surface area (Å²) in [6.45, 7) is 1.23. The van der Waals surface area contributed by atoms with Gasteiger partial charge in [-0.15, -0.1) is 0 Å². The van der Waals surface area contributed by atoms with Crippen LogP contribution in [0.1, 0.15) is 0 Å². The van der Waals surface area contributed by atoms with Gasteiger partial charge in [0.15, 0.2) is 6.17 Å². The highest BCUT2D eigenvalue weighted by molar-refractivity contribution is 6.67. The fourth-order valence-electron chi connectivity index (χ4n) is 2.32. The van der Waals surface area contributed by atoms with E-state index in [-0.39, 0.29) is 6.04 Å². The van der Waals surface area contributed by atoms with Crippen LogP contribution in [0.2, 0.25) is 0 Å². The van der Waals surface area contributed by atoms with Crippen LogP contribution in [-0.4, -0.2) is 41.5 Å². The molecule has 0 aliphatic carbocycles. The van der Waals surface area contributed by atoms with E-state index in [1.807, 2.05) is 6.20 Å². The number of aliphatic imine (C=N–C) groups is 1. The molecule has 0 aromatic heterocycles. The van der Waals surface area contributed by atoms with Crippen molar-refractivity contribution in [2.75, 3.05) is 13.6 Å². The Morgan fingerprint density at radius 3 is 3.33 bits per heavy atom. The number of piperazine rings is 1. The number of nitrogens with one attached hydrogen (secondary N) is 1. The highest BCUT2D eigenvalue weighted by Gasteiger charge is 2.65. The number of rotatable bonds is 0. The van der Waals surface area contributed by atoms with Gasteiger partial charge in [-0.3, -0.25) is 4.48 Å². The normalized spacial score (nSPS) is 54.5. The predicted octanol–water partition coefficient (Wildman–Crippen LogP) is 0.278. The molecule has 2 saturated heterocycles. The van der Waals surface area contributed by atoms with Gasteiger partial charge in [0.1, 0.15) is 23.8 Å². The van der Waals surface area contributed by atoms with Crippen LogP contribution in [0.5, 0.6) is 0 Å². The first-order chi connectivity index (χ1) is 5.72. The van der Waals surface area contributed by atoms with Crippen LogP contribution in [0.15, 0.2) is 17.3 Å². The van der Waals surface area contributed by atoms with Gasteiger partial charge in [0.2, 0.25) is 0 Å². The molecule has 0 aromatic rings. The summed E-state index contributed by atoms with van der Waals surface area (Å²) in [6.07, 6.45) is 4.61. The molecular formula is C8H11ClN3+. The molecule has 3 unspecified atom stereocenters. The first-order valence-electron chi connectivity index (χ1n) is 4.22. The van der Waals surface area contributed by atoms with Crippen LogP contribution in [0.25, 0.3) is 0 Å². The van der Waals surface area contributed by atoms with Crippen LogP contribution in [-0.2, 0) is 0 Å². The van der Waals surface area contributed by atoms with Crippen LogP contribution in [0.4, 0.5) is 0 Å². The highest BCUT2D eigenvalue weighted by Crippen LogP contribution is 2.40. The summed E-state index contributed by atoms with van der Waals surface area (Å²) < 4.78 is 1.10. The number of hydrogen-bond donors (Lipinski definition) is 1. The summed E-state index contributed by atoms with van der Waals surface area (Å²) in [5.74, 6) is 0. The lowest BCUT2D eigenvalue weighted by Gasteiger charge is -2.23. The second-order valence-corrected chi connectivity index (χ2v) is 4.36. The minimum Gasteiger partial charge on any atom is -0.293 e. The molecule has 4 atom stereocenters. The van der Waals surface area contributed by atoms with Crippen molar-refractivity contribution < 1.29 is 4.48 Å². The third kappa shape index (κ3) is 0.672. The molecule has 3 rings (SSSR count). The zero-order valence-corrected chi connectivity index (χ0v) is 7.62. The molecule has 0 saturated carbocycles. The monoisotopic (exact) mass is 184 g/mol. The molecule has 3 aliphatic rings. The van der Waals surface area contributed by atoms with E-state index in [9.17, 15) is 0 Å². The van der Waals surface area contributed by atoms with Crippen molar-refractivity contribution in [2.45, 2.75) is 18.2 Å². The van der Waals surface area contributed by atoms with Gasteiger partial charge in [0.05, 0.1) is 7.05 Å². The van der Waals surface area contributed by atoms with Crippen LogP contribution < -0.4 is 5.32 Å². The second-order valence-electron chi connectivity index (χ2n) is 3.97. The summed E-state index contributed by atoms with van der Waals surface area (Å²) in [7, 11) is 2.27. The summed E-state index contributed by atoms with van der Waals surface area (Å²) in [5, 5.41) is 4.20. The predicted molar refractivity (Wildman–Crippen MR) is 48.0 cm³/mol. The Kier molecular flexibility index (Phi) is 1.13.